The first-order valence-corrected chi connectivity index (χ1v) is 9.21. The number of nitrogens with two attached hydrogens (primary N) is 1. The number of hydrogen-bond acceptors (Lipinski definition) is 8. The number of rotatable bonds is 5. The molecule has 10 heteroatoms. The monoisotopic (exact) mass is 424 g/mol. The predicted molar refractivity (Wildman–Crippen MR) is 96.3 cm³/mol. The van der Waals surface area contributed by atoms with Gasteiger partial charge in [0.15, 0.2) is 6.08 Å². The van der Waals surface area contributed by atoms with Crippen LogP contribution in [-0.4, -0.2) is 20.4 Å². The summed E-state index contributed by atoms with van der Waals surface area (Å²) in [5.74, 6) is -3.86. The summed E-state index contributed by atoms with van der Waals surface area (Å²) in [6.07, 6.45) is -2.32. The Hall–Kier alpha value is -3.49. The minimum atomic E-state index is -5.07. The molecule has 1 aliphatic rings. The Morgan fingerprint density at radius 2 is 1.90 bits per heavy atom. The van der Waals surface area contributed by atoms with E-state index in [2.05, 4.69) is 4.18 Å². The van der Waals surface area contributed by atoms with Crippen LogP contribution in [0.15, 0.2) is 60.2 Å². The van der Waals surface area contributed by atoms with Gasteiger partial charge >= 0.3 is 16.3 Å². The van der Waals surface area contributed by atoms with Gasteiger partial charge in [0.25, 0.3) is 0 Å². The predicted octanol–water partition coefficient (Wildman–Crippen LogP) is 1.87. The fraction of sp³-hybridized carbons (Fsp3) is 0.158. The van der Waals surface area contributed by atoms with E-state index in [-0.39, 0.29) is 22.8 Å². The highest BCUT2D eigenvalue weighted by Crippen LogP contribution is 2.33. The maximum absolute atomic E-state index is 13.9. The van der Waals surface area contributed by atoms with Crippen LogP contribution in [0.25, 0.3) is 0 Å². The molecule has 0 bridgehead atoms. The Morgan fingerprint density at radius 1 is 1.28 bits per heavy atom. The molecule has 3 rings (SSSR count). The minimum absolute atomic E-state index is 0.226. The van der Waals surface area contributed by atoms with Gasteiger partial charge in [-0.1, -0.05) is 42.5 Å². The van der Waals surface area contributed by atoms with Crippen LogP contribution in [0.2, 0.25) is 0 Å². The van der Waals surface area contributed by atoms with Crippen molar-refractivity contribution in [1.82, 2.24) is 0 Å². The molecule has 0 fully saturated rings. The van der Waals surface area contributed by atoms with E-state index in [1.165, 1.54) is 43.3 Å². The molecule has 0 radical (unpaired) electrons. The fourth-order valence-electron chi connectivity index (χ4n) is 2.20. The zero-order chi connectivity index (χ0) is 24.3. The summed E-state index contributed by atoms with van der Waals surface area (Å²) in [5.41, 5.74) is 2.33. The van der Waals surface area contributed by atoms with Gasteiger partial charge in [-0.25, -0.2) is 4.39 Å². The summed E-state index contributed by atoms with van der Waals surface area (Å²) < 4.78 is 72.7. The van der Waals surface area contributed by atoms with Crippen LogP contribution in [-0.2, 0) is 39.1 Å². The number of benzene rings is 2. The number of carbonyl (C=O) groups is 1. The van der Waals surface area contributed by atoms with E-state index < -0.39 is 45.1 Å². The lowest BCUT2D eigenvalue weighted by atomic mass is 10.0. The molecule has 0 saturated carbocycles. The molecule has 8 nitrogen and oxygen atoms in total. The third-order valence-corrected chi connectivity index (χ3v) is 4.36. The largest absolute Gasteiger partial charge is 0.460 e. The average molecular weight is 424 g/mol. The Labute approximate surface area is 170 Å². The Morgan fingerprint density at radius 3 is 2.48 bits per heavy atom. The zero-order valence-electron chi connectivity index (χ0n) is 17.8. The summed E-state index contributed by atoms with van der Waals surface area (Å²) in [7, 11) is -5.07. The SMILES string of the molecule is O=C=O.[2H]C([2H])(c1ccccc1)S(=O)(=O)OC1=C(N)O[C@@]([2H])(c2ccc(C)c(F)c2)C1=O. The van der Waals surface area contributed by atoms with Crippen molar-refractivity contribution in [3.63, 3.8) is 0 Å². The van der Waals surface area contributed by atoms with E-state index in [0.717, 1.165) is 6.07 Å². The summed E-state index contributed by atoms with van der Waals surface area (Å²) in [4.78, 5) is 28.9. The molecule has 2 aromatic rings. The second-order valence-electron chi connectivity index (χ2n) is 5.51. The topological polar surface area (TPSA) is 130 Å². The van der Waals surface area contributed by atoms with E-state index in [0.29, 0.717) is 0 Å². The quantitative estimate of drug-likeness (QED) is 0.720. The maximum Gasteiger partial charge on any atom is 0.373 e. The van der Waals surface area contributed by atoms with Crippen LogP contribution in [0.3, 0.4) is 0 Å². The average Bonchev–Trinajstić information content (AvgIpc) is 2.95. The molecule has 0 amide bonds. The number of Topliss-reactive ketones (excluding diaryl/α,β-unsaturated/α-hetero) is 1. The van der Waals surface area contributed by atoms with Gasteiger partial charge < -0.3 is 14.7 Å². The highest BCUT2D eigenvalue weighted by Gasteiger charge is 2.39. The Kier molecular flexibility index (Phi) is 5.54. The van der Waals surface area contributed by atoms with Crippen LogP contribution < -0.4 is 5.73 Å². The summed E-state index contributed by atoms with van der Waals surface area (Å²) >= 11 is 0. The highest BCUT2D eigenvalue weighted by molar-refractivity contribution is 7.86. The Balaban J connectivity index is 0.00000114. The fourth-order valence-corrected chi connectivity index (χ4v) is 3.05. The molecule has 152 valence electrons. The first kappa shape index (κ1) is 17.6. The lowest BCUT2D eigenvalue weighted by molar-refractivity contribution is -0.191. The van der Waals surface area contributed by atoms with Crippen molar-refractivity contribution in [2.24, 2.45) is 5.73 Å². The lowest BCUT2D eigenvalue weighted by Crippen LogP contribution is -2.16. The number of hydrogen-bond donors (Lipinski definition) is 1. The molecule has 0 spiro atoms. The van der Waals surface area contributed by atoms with Crippen molar-refractivity contribution in [3.8, 4) is 0 Å². The minimum Gasteiger partial charge on any atom is -0.460 e. The molecule has 0 saturated heterocycles. The maximum atomic E-state index is 13.9. The molecule has 29 heavy (non-hydrogen) atoms. The van der Waals surface area contributed by atoms with Crippen molar-refractivity contribution in [2.45, 2.75) is 18.7 Å². The molecule has 0 aliphatic carbocycles. The van der Waals surface area contributed by atoms with E-state index >= 15 is 0 Å². The van der Waals surface area contributed by atoms with Gasteiger partial charge in [0.2, 0.25) is 17.4 Å². The molecule has 0 aromatic heterocycles. The summed E-state index contributed by atoms with van der Waals surface area (Å²) in [5, 5.41) is 0. The number of aryl methyl sites for hydroxylation is 1. The molecule has 1 heterocycles. The van der Waals surface area contributed by atoms with Crippen molar-refractivity contribution in [3.05, 3.63) is 82.7 Å². The van der Waals surface area contributed by atoms with Crippen LogP contribution in [0.1, 0.15) is 26.9 Å². The highest BCUT2D eigenvalue weighted by atomic mass is 32.2. The van der Waals surface area contributed by atoms with Gasteiger partial charge in [0, 0.05) is 5.56 Å². The molecule has 1 aliphatic heterocycles. The van der Waals surface area contributed by atoms with Crippen LogP contribution in [0, 0.1) is 12.7 Å². The number of ketones is 1. The second kappa shape index (κ2) is 9.13. The van der Waals surface area contributed by atoms with E-state index in [9.17, 15) is 17.6 Å². The van der Waals surface area contributed by atoms with Crippen LogP contribution in [0.4, 0.5) is 4.39 Å². The van der Waals surface area contributed by atoms with Crippen LogP contribution in [0.5, 0.6) is 0 Å². The smallest absolute Gasteiger partial charge is 0.373 e. The normalized spacial score (nSPS) is 20.3. The standard InChI is InChI=1S/C18H16FNO5S.CO2/c1-11-7-8-13(9-14(11)19)16-15(21)17(18(20)24-16)25-26(22,23)10-12-5-3-2-4-6-12;2-1-3/h2-9,16H,10,20H2,1H3;/t16-;/m0./s1/i10D2,16D;. The molecule has 2 aromatic carbocycles. The zero-order valence-corrected chi connectivity index (χ0v) is 15.7. The number of carbonyl (C=O) groups excluding carboxylic acids is 3. The first-order valence-electron chi connectivity index (χ1n) is 9.31. The molecule has 1 atom stereocenters. The Bertz CT molecular complexity index is 1210. The lowest BCUT2D eigenvalue weighted by Gasteiger charge is -2.10. The first-order chi connectivity index (χ1) is 14.8. The van der Waals surface area contributed by atoms with Crippen molar-refractivity contribution in [1.29, 1.82) is 0 Å². The van der Waals surface area contributed by atoms with Gasteiger partial charge in [0.1, 0.15) is 11.5 Å². The third kappa shape index (κ3) is 5.50. The van der Waals surface area contributed by atoms with Gasteiger partial charge in [-0.05, 0) is 24.1 Å². The molecule has 2 N–H and O–H groups in total. The number of halogens is 1. The van der Waals surface area contributed by atoms with E-state index in [1.807, 2.05) is 0 Å². The van der Waals surface area contributed by atoms with Gasteiger partial charge in [-0.2, -0.15) is 18.0 Å². The summed E-state index contributed by atoms with van der Waals surface area (Å²) in [6.45, 7) is 1.48. The van der Waals surface area contributed by atoms with Crippen LogP contribution >= 0.6 is 0 Å². The van der Waals surface area contributed by atoms with Crippen molar-refractivity contribution >= 4 is 22.1 Å². The molecular formula is C19H16FNO7S. The number of ether oxygens (including phenoxy) is 1. The van der Waals surface area contributed by atoms with E-state index in [1.54, 1.807) is 6.07 Å². The summed E-state index contributed by atoms with van der Waals surface area (Å²) in [6, 6.07) is 10.4. The second-order valence-corrected chi connectivity index (χ2v) is 6.79. The third-order valence-electron chi connectivity index (χ3n) is 3.49. The van der Waals surface area contributed by atoms with Gasteiger partial charge in [0.05, 0.1) is 4.11 Å². The van der Waals surface area contributed by atoms with Gasteiger partial charge in [-0.15, -0.1) is 0 Å². The van der Waals surface area contributed by atoms with E-state index in [4.69, 9.17) is 24.2 Å². The van der Waals surface area contributed by atoms with Crippen molar-refractivity contribution in [2.75, 3.05) is 0 Å². The van der Waals surface area contributed by atoms with Gasteiger partial charge in [-0.3, -0.25) is 4.79 Å². The van der Waals surface area contributed by atoms with Crippen molar-refractivity contribution < 1.29 is 40.2 Å². The molecule has 0 unspecified atom stereocenters. The molecular weight excluding hydrogens is 405 g/mol.